The van der Waals surface area contributed by atoms with Crippen LogP contribution in [0.4, 0.5) is 5.69 Å². The summed E-state index contributed by atoms with van der Waals surface area (Å²) in [5.74, 6) is -0.976. The van der Waals surface area contributed by atoms with Crippen molar-refractivity contribution in [3.05, 3.63) is 69.6 Å². The zero-order valence-electron chi connectivity index (χ0n) is 12.9. The molecule has 122 valence electrons. The standard InChI is InChI=1S/C18H15NO5/c1-10-8-16(21)24-17-13(10)6-7-15(20)14(17)9-19-12-4-2-11(3-5-12)18(22)23/h2-8,19-20H,9H2,1H3,(H,22,23). The number of aromatic hydroxyl groups is 1. The second kappa shape index (κ2) is 6.08. The van der Waals surface area contributed by atoms with Gasteiger partial charge in [0.2, 0.25) is 0 Å². The Bertz CT molecular complexity index is 973. The Morgan fingerprint density at radius 2 is 1.88 bits per heavy atom. The Hall–Kier alpha value is -3.28. The zero-order chi connectivity index (χ0) is 17.3. The predicted octanol–water partition coefficient (Wildman–Crippen LogP) is 3.12. The molecule has 0 saturated carbocycles. The van der Waals surface area contributed by atoms with Crippen molar-refractivity contribution in [2.24, 2.45) is 0 Å². The lowest BCUT2D eigenvalue weighted by atomic mass is 10.1. The lowest BCUT2D eigenvalue weighted by Crippen LogP contribution is -2.04. The second-order valence-corrected chi connectivity index (χ2v) is 5.42. The third kappa shape index (κ3) is 2.94. The van der Waals surface area contributed by atoms with Crippen molar-refractivity contribution in [2.45, 2.75) is 13.5 Å². The van der Waals surface area contributed by atoms with Gasteiger partial charge in [-0.15, -0.1) is 0 Å². The third-order valence-electron chi connectivity index (χ3n) is 3.80. The maximum absolute atomic E-state index is 11.6. The van der Waals surface area contributed by atoms with Crippen molar-refractivity contribution in [3.8, 4) is 5.75 Å². The summed E-state index contributed by atoms with van der Waals surface area (Å²) >= 11 is 0. The minimum Gasteiger partial charge on any atom is -0.507 e. The van der Waals surface area contributed by atoms with Gasteiger partial charge in [0.15, 0.2) is 0 Å². The van der Waals surface area contributed by atoms with Gasteiger partial charge in [0.05, 0.1) is 11.1 Å². The van der Waals surface area contributed by atoms with E-state index in [1.807, 2.05) is 0 Å². The molecule has 3 rings (SSSR count). The summed E-state index contributed by atoms with van der Waals surface area (Å²) in [5.41, 5.74) is 1.98. The van der Waals surface area contributed by atoms with Gasteiger partial charge >= 0.3 is 11.6 Å². The average Bonchev–Trinajstić information content (AvgIpc) is 2.54. The number of nitrogens with one attached hydrogen (secondary N) is 1. The number of aryl methyl sites for hydroxylation is 1. The Labute approximate surface area is 137 Å². The fourth-order valence-electron chi connectivity index (χ4n) is 2.52. The van der Waals surface area contributed by atoms with E-state index < -0.39 is 11.6 Å². The summed E-state index contributed by atoms with van der Waals surface area (Å²) in [4.78, 5) is 22.5. The number of carboxylic acid groups (broad SMARTS) is 1. The molecule has 0 fully saturated rings. The van der Waals surface area contributed by atoms with Crippen LogP contribution in [0, 0.1) is 6.92 Å². The molecule has 0 amide bonds. The smallest absolute Gasteiger partial charge is 0.336 e. The molecule has 0 spiro atoms. The van der Waals surface area contributed by atoms with E-state index in [0.717, 1.165) is 10.9 Å². The van der Waals surface area contributed by atoms with Gasteiger partial charge in [-0.2, -0.15) is 0 Å². The quantitative estimate of drug-likeness (QED) is 0.637. The van der Waals surface area contributed by atoms with E-state index in [-0.39, 0.29) is 17.9 Å². The molecule has 0 atom stereocenters. The Morgan fingerprint density at radius 1 is 1.17 bits per heavy atom. The van der Waals surface area contributed by atoms with Crippen LogP contribution in [0.3, 0.4) is 0 Å². The van der Waals surface area contributed by atoms with Gasteiger partial charge in [-0.05, 0) is 48.9 Å². The molecule has 3 N–H and O–H groups in total. The van der Waals surface area contributed by atoms with Crippen molar-refractivity contribution >= 4 is 22.6 Å². The number of phenolic OH excluding ortho intramolecular Hbond substituents is 1. The average molecular weight is 325 g/mol. The first-order valence-electron chi connectivity index (χ1n) is 7.28. The number of aromatic carboxylic acids is 1. The first-order chi connectivity index (χ1) is 11.5. The SMILES string of the molecule is Cc1cc(=O)oc2c(CNc3ccc(C(=O)O)cc3)c(O)ccc12. The number of phenols is 1. The van der Waals surface area contributed by atoms with Gasteiger partial charge in [0, 0.05) is 23.7 Å². The fraction of sp³-hybridized carbons (Fsp3) is 0.111. The van der Waals surface area contributed by atoms with Crippen LogP contribution in [0.25, 0.3) is 11.0 Å². The largest absolute Gasteiger partial charge is 0.507 e. The molecule has 0 aliphatic carbocycles. The molecule has 1 heterocycles. The molecule has 0 aliphatic heterocycles. The summed E-state index contributed by atoms with van der Waals surface area (Å²) in [6.45, 7) is 2.03. The number of anilines is 1. The van der Waals surface area contributed by atoms with E-state index in [9.17, 15) is 14.7 Å². The van der Waals surface area contributed by atoms with Crippen LogP contribution < -0.4 is 10.9 Å². The van der Waals surface area contributed by atoms with E-state index in [2.05, 4.69) is 5.32 Å². The van der Waals surface area contributed by atoms with Crippen LogP contribution in [-0.2, 0) is 6.54 Å². The van der Waals surface area contributed by atoms with Crippen LogP contribution in [0.5, 0.6) is 5.75 Å². The van der Waals surface area contributed by atoms with Gasteiger partial charge in [-0.3, -0.25) is 0 Å². The Morgan fingerprint density at radius 3 is 2.54 bits per heavy atom. The van der Waals surface area contributed by atoms with Gasteiger partial charge in [0.1, 0.15) is 11.3 Å². The van der Waals surface area contributed by atoms with Crippen LogP contribution in [0.2, 0.25) is 0 Å². The molecule has 6 heteroatoms. The van der Waals surface area contributed by atoms with E-state index in [1.54, 1.807) is 31.2 Å². The zero-order valence-corrected chi connectivity index (χ0v) is 12.9. The van der Waals surface area contributed by atoms with Crippen molar-refractivity contribution < 1.29 is 19.4 Å². The number of benzene rings is 2. The van der Waals surface area contributed by atoms with Crippen molar-refractivity contribution in [2.75, 3.05) is 5.32 Å². The number of rotatable bonds is 4. The lowest BCUT2D eigenvalue weighted by Gasteiger charge is -2.11. The monoisotopic (exact) mass is 325 g/mol. The number of fused-ring (bicyclic) bond motifs is 1. The minimum absolute atomic E-state index is 0.0194. The fourth-order valence-corrected chi connectivity index (χ4v) is 2.52. The highest BCUT2D eigenvalue weighted by atomic mass is 16.4. The summed E-state index contributed by atoms with van der Waals surface area (Å²) in [7, 11) is 0. The molecular weight excluding hydrogens is 310 g/mol. The summed E-state index contributed by atoms with van der Waals surface area (Å²) < 4.78 is 5.26. The molecule has 24 heavy (non-hydrogen) atoms. The first kappa shape index (κ1) is 15.6. The molecular formula is C18H15NO5. The summed E-state index contributed by atoms with van der Waals surface area (Å²) in [6.07, 6.45) is 0. The van der Waals surface area contributed by atoms with Gasteiger partial charge in [-0.25, -0.2) is 9.59 Å². The van der Waals surface area contributed by atoms with Crippen molar-refractivity contribution in [3.63, 3.8) is 0 Å². The molecule has 3 aromatic rings. The Balaban J connectivity index is 1.93. The number of hydrogen-bond acceptors (Lipinski definition) is 5. The number of carbonyl (C=O) groups is 1. The van der Waals surface area contributed by atoms with E-state index in [0.29, 0.717) is 16.8 Å². The highest BCUT2D eigenvalue weighted by Crippen LogP contribution is 2.28. The Kier molecular flexibility index (Phi) is 3.95. The normalized spacial score (nSPS) is 10.7. The van der Waals surface area contributed by atoms with Gasteiger partial charge in [0.25, 0.3) is 0 Å². The topological polar surface area (TPSA) is 99.8 Å². The molecule has 0 unspecified atom stereocenters. The summed E-state index contributed by atoms with van der Waals surface area (Å²) in [5, 5.41) is 22.8. The van der Waals surface area contributed by atoms with E-state index >= 15 is 0 Å². The van der Waals surface area contributed by atoms with Crippen LogP contribution >= 0.6 is 0 Å². The predicted molar refractivity (Wildman–Crippen MR) is 89.6 cm³/mol. The highest BCUT2D eigenvalue weighted by Gasteiger charge is 2.12. The second-order valence-electron chi connectivity index (χ2n) is 5.42. The van der Waals surface area contributed by atoms with Crippen LogP contribution in [0.1, 0.15) is 21.5 Å². The van der Waals surface area contributed by atoms with Gasteiger partial charge < -0.3 is 19.9 Å². The lowest BCUT2D eigenvalue weighted by molar-refractivity contribution is 0.0697. The number of hydrogen-bond donors (Lipinski definition) is 3. The summed E-state index contributed by atoms with van der Waals surface area (Å²) in [6, 6.07) is 10.9. The van der Waals surface area contributed by atoms with E-state index in [1.165, 1.54) is 18.2 Å². The molecule has 0 aliphatic rings. The minimum atomic E-state index is -0.995. The molecule has 6 nitrogen and oxygen atoms in total. The van der Waals surface area contributed by atoms with Crippen LogP contribution in [0.15, 0.2) is 51.7 Å². The highest BCUT2D eigenvalue weighted by molar-refractivity contribution is 5.88. The molecule has 0 bridgehead atoms. The first-order valence-corrected chi connectivity index (χ1v) is 7.28. The third-order valence-corrected chi connectivity index (χ3v) is 3.80. The van der Waals surface area contributed by atoms with Gasteiger partial charge in [-0.1, -0.05) is 0 Å². The van der Waals surface area contributed by atoms with Crippen molar-refractivity contribution in [1.29, 1.82) is 0 Å². The molecule has 0 radical (unpaired) electrons. The van der Waals surface area contributed by atoms with Crippen LogP contribution in [-0.4, -0.2) is 16.2 Å². The van der Waals surface area contributed by atoms with E-state index in [4.69, 9.17) is 9.52 Å². The van der Waals surface area contributed by atoms with Crippen molar-refractivity contribution in [1.82, 2.24) is 0 Å². The molecule has 2 aromatic carbocycles. The molecule has 1 aromatic heterocycles. The maximum atomic E-state index is 11.6. The number of carboxylic acids is 1. The maximum Gasteiger partial charge on any atom is 0.336 e. The molecule has 0 saturated heterocycles.